The van der Waals surface area contributed by atoms with E-state index in [0.717, 1.165) is 29.9 Å². The van der Waals surface area contributed by atoms with Crippen LogP contribution in [-0.4, -0.2) is 41.2 Å². The maximum atomic E-state index is 12.3. The van der Waals surface area contributed by atoms with Crippen molar-refractivity contribution in [3.63, 3.8) is 0 Å². The number of rotatable bonds is 10. The average molecular weight is 454 g/mol. The quantitative estimate of drug-likeness (QED) is 0.419. The summed E-state index contributed by atoms with van der Waals surface area (Å²) in [4.78, 5) is 37.1. The number of carbonyl (C=O) groups is 3. The maximum absolute atomic E-state index is 12.3. The fourth-order valence-corrected chi connectivity index (χ4v) is 5.70. The summed E-state index contributed by atoms with van der Waals surface area (Å²) in [6, 6.07) is 7.16. The number of nitrogens with zero attached hydrogens (tertiary/aromatic N) is 1. The summed E-state index contributed by atoms with van der Waals surface area (Å²) in [5, 5.41) is 6.31. The van der Waals surface area contributed by atoms with Crippen molar-refractivity contribution < 1.29 is 14.4 Å². The summed E-state index contributed by atoms with van der Waals surface area (Å²) in [6.45, 7) is 4.79. The van der Waals surface area contributed by atoms with E-state index in [1.54, 1.807) is 4.90 Å². The topological polar surface area (TPSA) is 78.5 Å². The molecule has 2 aliphatic carbocycles. The van der Waals surface area contributed by atoms with E-state index in [2.05, 4.69) is 42.7 Å². The van der Waals surface area contributed by atoms with E-state index >= 15 is 0 Å². The highest BCUT2D eigenvalue weighted by atomic mass is 16.2. The minimum absolute atomic E-state index is 0.262. The molecule has 1 heterocycles. The standard InChI is InChI=1S/C27H39N3O3/c1-18-7-8-21(14-22-5-3-4-6-24(22)28-19(2)13-20-9-10-20)15-23(18)16-30(17-31)25-11-12-26(32)29-27(25)33/h7-8,15,17,19-20,22,24-25,28H,3-6,9-14,16H2,1-2H3,(H,29,32,33)/t19?,22-,24+,25?/m1/s1. The first kappa shape index (κ1) is 23.9. The summed E-state index contributed by atoms with van der Waals surface area (Å²) in [5.74, 6) is 0.943. The second-order valence-electron chi connectivity index (χ2n) is 10.6. The second-order valence-corrected chi connectivity index (χ2v) is 10.6. The number of imide groups is 1. The molecule has 0 bridgehead atoms. The molecule has 1 saturated heterocycles. The van der Waals surface area contributed by atoms with Gasteiger partial charge in [-0.05, 0) is 74.5 Å². The van der Waals surface area contributed by atoms with E-state index in [1.807, 2.05) is 0 Å². The molecule has 1 aromatic carbocycles. The van der Waals surface area contributed by atoms with Gasteiger partial charge in [-0.2, -0.15) is 0 Å². The van der Waals surface area contributed by atoms with Crippen molar-refractivity contribution in [2.45, 2.75) is 103 Å². The Morgan fingerprint density at radius 2 is 1.94 bits per heavy atom. The van der Waals surface area contributed by atoms with Crippen molar-refractivity contribution in [3.8, 4) is 0 Å². The van der Waals surface area contributed by atoms with Gasteiger partial charge in [0.1, 0.15) is 6.04 Å². The van der Waals surface area contributed by atoms with Crippen molar-refractivity contribution in [3.05, 3.63) is 34.9 Å². The minimum atomic E-state index is -0.580. The van der Waals surface area contributed by atoms with E-state index in [4.69, 9.17) is 0 Å². The predicted molar refractivity (Wildman–Crippen MR) is 128 cm³/mol. The third kappa shape index (κ3) is 6.44. The molecular weight excluding hydrogens is 414 g/mol. The van der Waals surface area contributed by atoms with Gasteiger partial charge in [0.25, 0.3) is 0 Å². The molecule has 6 nitrogen and oxygen atoms in total. The summed E-state index contributed by atoms with van der Waals surface area (Å²) in [6.07, 6.45) is 11.7. The smallest absolute Gasteiger partial charge is 0.249 e. The fraction of sp³-hybridized carbons (Fsp3) is 0.667. The summed E-state index contributed by atoms with van der Waals surface area (Å²) < 4.78 is 0. The van der Waals surface area contributed by atoms with Gasteiger partial charge in [-0.25, -0.2) is 0 Å². The Kier molecular flexibility index (Phi) is 7.84. The molecule has 3 fully saturated rings. The van der Waals surface area contributed by atoms with E-state index in [1.165, 1.54) is 50.5 Å². The maximum Gasteiger partial charge on any atom is 0.249 e. The van der Waals surface area contributed by atoms with Gasteiger partial charge in [0, 0.05) is 25.0 Å². The largest absolute Gasteiger partial charge is 0.329 e. The molecule has 4 atom stereocenters. The zero-order chi connectivity index (χ0) is 23.4. The average Bonchev–Trinajstić information content (AvgIpc) is 3.60. The van der Waals surface area contributed by atoms with Crippen LogP contribution in [0.15, 0.2) is 18.2 Å². The van der Waals surface area contributed by atoms with Crippen LogP contribution in [-0.2, 0) is 27.3 Å². The molecule has 3 aliphatic rings. The lowest BCUT2D eigenvalue weighted by atomic mass is 9.80. The number of hydrogen-bond acceptors (Lipinski definition) is 4. The number of nitrogens with one attached hydrogen (secondary N) is 2. The third-order valence-electron chi connectivity index (χ3n) is 7.80. The highest BCUT2D eigenvalue weighted by Gasteiger charge is 2.32. The van der Waals surface area contributed by atoms with Crippen LogP contribution < -0.4 is 10.6 Å². The molecule has 0 aromatic heterocycles. The number of amides is 3. The Morgan fingerprint density at radius 1 is 1.15 bits per heavy atom. The minimum Gasteiger partial charge on any atom is -0.329 e. The first-order valence-corrected chi connectivity index (χ1v) is 12.8. The first-order chi connectivity index (χ1) is 15.9. The van der Waals surface area contributed by atoms with Gasteiger partial charge < -0.3 is 10.2 Å². The zero-order valence-electron chi connectivity index (χ0n) is 20.1. The molecule has 6 heteroatoms. The van der Waals surface area contributed by atoms with Crippen LogP contribution in [0.2, 0.25) is 0 Å². The van der Waals surface area contributed by atoms with Gasteiger partial charge in [-0.1, -0.05) is 43.9 Å². The molecule has 1 aromatic rings. The van der Waals surface area contributed by atoms with Gasteiger partial charge in [0.05, 0.1) is 0 Å². The summed E-state index contributed by atoms with van der Waals surface area (Å²) in [5.41, 5.74) is 3.50. The molecule has 0 radical (unpaired) electrons. The normalized spacial score (nSPS) is 26.5. The Hall–Kier alpha value is -2.21. The van der Waals surface area contributed by atoms with Crippen molar-refractivity contribution in [1.29, 1.82) is 0 Å². The van der Waals surface area contributed by atoms with Gasteiger partial charge >= 0.3 is 0 Å². The van der Waals surface area contributed by atoms with Crippen molar-refractivity contribution in [2.24, 2.45) is 11.8 Å². The van der Waals surface area contributed by atoms with Gasteiger partial charge in [0.15, 0.2) is 0 Å². The lowest BCUT2D eigenvalue weighted by Crippen LogP contribution is -2.51. The molecule has 1 aliphatic heterocycles. The molecule has 33 heavy (non-hydrogen) atoms. The number of piperidine rings is 1. The molecule has 2 unspecified atom stereocenters. The number of hydrogen-bond donors (Lipinski definition) is 2. The van der Waals surface area contributed by atoms with E-state index in [9.17, 15) is 14.4 Å². The van der Waals surface area contributed by atoms with Crippen molar-refractivity contribution >= 4 is 18.2 Å². The Bertz CT molecular complexity index is 866. The first-order valence-electron chi connectivity index (χ1n) is 12.8. The van der Waals surface area contributed by atoms with Crippen LogP contribution in [0.3, 0.4) is 0 Å². The summed E-state index contributed by atoms with van der Waals surface area (Å²) in [7, 11) is 0. The highest BCUT2D eigenvalue weighted by Crippen LogP contribution is 2.34. The molecule has 2 N–H and O–H groups in total. The van der Waals surface area contributed by atoms with Crippen LogP contribution in [0, 0.1) is 18.8 Å². The van der Waals surface area contributed by atoms with Gasteiger partial charge in [0.2, 0.25) is 18.2 Å². The predicted octanol–water partition coefficient (Wildman–Crippen LogP) is 3.64. The van der Waals surface area contributed by atoms with E-state index in [0.29, 0.717) is 31.0 Å². The molecular formula is C27H39N3O3. The lowest BCUT2D eigenvalue weighted by Gasteiger charge is -2.35. The molecule has 0 spiro atoms. The molecule has 2 saturated carbocycles. The Morgan fingerprint density at radius 3 is 2.67 bits per heavy atom. The third-order valence-corrected chi connectivity index (χ3v) is 7.80. The Balaban J connectivity index is 1.41. The van der Waals surface area contributed by atoms with Crippen molar-refractivity contribution in [1.82, 2.24) is 15.5 Å². The molecule has 180 valence electrons. The van der Waals surface area contributed by atoms with Crippen LogP contribution in [0.5, 0.6) is 0 Å². The summed E-state index contributed by atoms with van der Waals surface area (Å²) >= 11 is 0. The van der Waals surface area contributed by atoms with Crippen LogP contribution >= 0.6 is 0 Å². The zero-order valence-corrected chi connectivity index (χ0v) is 20.1. The molecule has 4 rings (SSSR count). The number of benzene rings is 1. The molecule has 3 amide bonds. The monoisotopic (exact) mass is 453 g/mol. The number of aryl methyl sites for hydroxylation is 1. The van der Waals surface area contributed by atoms with E-state index < -0.39 is 6.04 Å². The lowest BCUT2D eigenvalue weighted by molar-refractivity contribution is -0.141. The Labute approximate surface area is 197 Å². The van der Waals surface area contributed by atoms with E-state index in [-0.39, 0.29) is 18.2 Å². The van der Waals surface area contributed by atoms with Crippen molar-refractivity contribution in [2.75, 3.05) is 0 Å². The van der Waals surface area contributed by atoms with Crippen LogP contribution in [0.4, 0.5) is 0 Å². The SMILES string of the molecule is Cc1ccc(C[C@H]2CCCC[C@@H]2NC(C)CC2CC2)cc1CN(C=O)C1CCC(=O)NC1=O. The second kappa shape index (κ2) is 10.8. The number of carbonyl (C=O) groups excluding carboxylic acids is 3. The van der Waals surface area contributed by atoms with Gasteiger partial charge in [-0.15, -0.1) is 0 Å². The highest BCUT2D eigenvalue weighted by molar-refractivity contribution is 6.00. The fourth-order valence-electron chi connectivity index (χ4n) is 5.70. The van der Waals surface area contributed by atoms with Crippen LogP contribution in [0.1, 0.15) is 81.4 Å². The van der Waals surface area contributed by atoms with Gasteiger partial charge in [-0.3, -0.25) is 19.7 Å². The van der Waals surface area contributed by atoms with Crippen LogP contribution in [0.25, 0.3) is 0 Å².